The fourth-order valence-corrected chi connectivity index (χ4v) is 2.41. The van der Waals surface area contributed by atoms with Gasteiger partial charge in [-0.2, -0.15) is 4.37 Å². The minimum Gasteiger partial charge on any atom is -0.382 e. The number of rotatable bonds is 3. The molecule has 0 aliphatic heterocycles. The summed E-state index contributed by atoms with van der Waals surface area (Å²) < 4.78 is 3.97. The number of nitrogens with one attached hydrogen (secondary N) is 2. The maximum absolute atomic E-state index is 11.9. The largest absolute Gasteiger partial charge is 0.382 e. The van der Waals surface area contributed by atoms with Crippen LogP contribution in [0.1, 0.15) is 15.5 Å². The summed E-state index contributed by atoms with van der Waals surface area (Å²) in [5.41, 5.74) is 5.64. The summed E-state index contributed by atoms with van der Waals surface area (Å²) >= 11 is 2.32. The molecule has 0 saturated carbocycles. The highest BCUT2D eigenvalue weighted by atomic mass is 32.1. The Bertz CT molecular complexity index is 548. The standard InChI is InChI=1S/C8H10N6OS2/c1-3-11-8(17-14-3)13-6(15)4-5(9)12-7(10-2)16-4/h9H2,1-2H3,(H,10,12)(H,11,13,14,15). The molecule has 0 bridgehead atoms. The second kappa shape index (κ2) is 4.63. The van der Waals surface area contributed by atoms with Gasteiger partial charge in [0.2, 0.25) is 5.13 Å². The van der Waals surface area contributed by atoms with Gasteiger partial charge in [-0.05, 0) is 6.92 Å². The Morgan fingerprint density at radius 1 is 1.35 bits per heavy atom. The first-order chi connectivity index (χ1) is 8.10. The van der Waals surface area contributed by atoms with E-state index in [-0.39, 0.29) is 11.7 Å². The first kappa shape index (κ1) is 11.7. The molecule has 0 atom stereocenters. The molecular weight excluding hydrogens is 260 g/mol. The lowest BCUT2D eigenvalue weighted by Gasteiger charge is -1.97. The van der Waals surface area contributed by atoms with Crippen LogP contribution in [-0.2, 0) is 0 Å². The van der Waals surface area contributed by atoms with Crippen molar-refractivity contribution < 1.29 is 4.79 Å². The maximum Gasteiger partial charge on any atom is 0.271 e. The van der Waals surface area contributed by atoms with Crippen molar-refractivity contribution >= 4 is 44.9 Å². The highest BCUT2D eigenvalue weighted by Crippen LogP contribution is 2.25. The molecule has 7 nitrogen and oxygen atoms in total. The fourth-order valence-electron chi connectivity index (χ4n) is 1.10. The third-order valence-corrected chi connectivity index (χ3v) is 3.63. The van der Waals surface area contributed by atoms with Crippen LogP contribution in [-0.4, -0.2) is 27.3 Å². The number of thiazole rings is 1. The van der Waals surface area contributed by atoms with Crippen molar-refractivity contribution in [3.05, 3.63) is 10.7 Å². The average Bonchev–Trinajstić information content (AvgIpc) is 2.85. The molecule has 0 aliphatic carbocycles. The second-order valence-corrected chi connectivity index (χ2v) is 4.84. The van der Waals surface area contributed by atoms with Crippen LogP contribution < -0.4 is 16.4 Å². The highest BCUT2D eigenvalue weighted by Gasteiger charge is 2.17. The van der Waals surface area contributed by atoms with E-state index in [0.29, 0.717) is 21.0 Å². The van der Waals surface area contributed by atoms with Gasteiger partial charge in [0.15, 0.2) is 5.13 Å². The summed E-state index contributed by atoms with van der Waals surface area (Å²) in [7, 11) is 1.72. The number of nitrogens with zero attached hydrogens (tertiary/aromatic N) is 3. The number of hydrogen-bond donors (Lipinski definition) is 3. The zero-order valence-electron chi connectivity index (χ0n) is 9.14. The normalized spacial score (nSPS) is 10.2. The molecule has 17 heavy (non-hydrogen) atoms. The van der Waals surface area contributed by atoms with Crippen LogP contribution in [0.25, 0.3) is 0 Å². The Labute approximate surface area is 105 Å². The molecule has 2 heterocycles. The topological polar surface area (TPSA) is 106 Å². The van der Waals surface area contributed by atoms with Crippen molar-refractivity contribution in [2.75, 3.05) is 23.4 Å². The van der Waals surface area contributed by atoms with Crippen molar-refractivity contribution in [3.8, 4) is 0 Å². The van der Waals surface area contributed by atoms with Crippen LogP contribution in [0.2, 0.25) is 0 Å². The highest BCUT2D eigenvalue weighted by molar-refractivity contribution is 7.18. The van der Waals surface area contributed by atoms with Crippen LogP contribution in [0.4, 0.5) is 16.1 Å². The summed E-state index contributed by atoms with van der Waals surface area (Å²) in [6.45, 7) is 1.76. The molecule has 2 rings (SSSR count). The third kappa shape index (κ3) is 2.50. The Morgan fingerprint density at radius 2 is 2.12 bits per heavy atom. The number of amides is 1. The number of carbonyl (C=O) groups is 1. The van der Waals surface area contributed by atoms with E-state index >= 15 is 0 Å². The number of anilines is 3. The van der Waals surface area contributed by atoms with Crippen molar-refractivity contribution in [2.45, 2.75) is 6.92 Å². The Balaban J connectivity index is 2.16. The lowest BCUT2D eigenvalue weighted by atomic mass is 10.5. The van der Waals surface area contributed by atoms with Gasteiger partial charge in [-0.15, -0.1) is 0 Å². The summed E-state index contributed by atoms with van der Waals surface area (Å²) in [6.07, 6.45) is 0. The molecule has 0 aliphatic rings. The first-order valence-corrected chi connectivity index (χ1v) is 6.25. The molecule has 2 aromatic heterocycles. The summed E-state index contributed by atoms with van der Waals surface area (Å²) in [5.74, 6) is 0.509. The molecule has 90 valence electrons. The molecule has 4 N–H and O–H groups in total. The van der Waals surface area contributed by atoms with E-state index in [4.69, 9.17) is 5.73 Å². The van der Waals surface area contributed by atoms with Gasteiger partial charge in [0.1, 0.15) is 16.5 Å². The van der Waals surface area contributed by atoms with Crippen LogP contribution in [0.5, 0.6) is 0 Å². The first-order valence-electron chi connectivity index (χ1n) is 4.66. The molecule has 9 heteroatoms. The predicted octanol–water partition coefficient (Wildman–Crippen LogP) is 1.18. The quantitative estimate of drug-likeness (QED) is 0.773. The lowest BCUT2D eigenvalue weighted by Crippen LogP contribution is -2.11. The maximum atomic E-state index is 11.9. The van der Waals surface area contributed by atoms with Crippen LogP contribution >= 0.6 is 22.9 Å². The minimum atomic E-state index is -0.322. The molecule has 0 spiro atoms. The van der Waals surface area contributed by atoms with Crippen LogP contribution in [0, 0.1) is 6.92 Å². The van der Waals surface area contributed by atoms with Gasteiger partial charge >= 0.3 is 0 Å². The summed E-state index contributed by atoms with van der Waals surface area (Å²) in [4.78, 5) is 20.3. The van der Waals surface area contributed by atoms with Gasteiger partial charge in [-0.1, -0.05) is 11.3 Å². The zero-order chi connectivity index (χ0) is 12.4. The Morgan fingerprint density at radius 3 is 2.65 bits per heavy atom. The van der Waals surface area contributed by atoms with E-state index in [9.17, 15) is 4.79 Å². The predicted molar refractivity (Wildman–Crippen MR) is 68.7 cm³/mol. The fraction of sp³-hybridized carbons (Fsp3) is 0.250. The van der Waals surface area contributed by atoms with Gasteiger partial charge in [-0.25, -0.2) is 9.97 Å². The van der Waals surface area contributed by atoms with Gasteiger partial charge < -0.3 is 11.1 Å². The van der Waals surface area contributed by atoms with E-state index in [1.165, 1.54) is 11.3 Å². The van der Waals surface area contributed by atoms with Gasteiger partial charge in [0, 0.05) is 18.6 Å². The number of hydrogen-bond acceptors (Lipinski definition) is 8. The molecule has 0 fully saturated rings. The number of nitrogen functional groups attached to an aromatic ring is 1. The Kier molecular flexibility index (Phi) is 3.20. The number of aromatic nitrogens is 3. The van der Waals surface area contributed by atoms with Crippen LogP contribution in [0.15, 0.2) is 0 Å². The molecule has 0 radical (unpaired) electrons. The summed E-state index contributed by atoms with van der Waals surface area (Å²) in [6, 6.07) is 0. The molecular formula is C8H10N6OS2. The molecule has 1 amide bonds. The molecule has 2 aromatic rings. The summed E-state index contributed by atoms with van der Waals surface area (Å²) in [5, 5.41) is 6.51. The average molecular weight is 270 g/mol. The SMILES string of the molecule is CNc1nc(N)c(C(=O)Nc2nc(C)ns2)s1. The van der Waals surface area contributed by atoms with Crippen molar-refractivity contribution in [2.24, 2.45) is 0 Å². The van der Waals surface area contributed by atoms with E-state index in [2.05, 4.69) is 25.0 Å². The van der Waals surface area contributed by atoms with Crippen molar-refractivity contribution in [1.29, 1.82) is 0 Å². The smallest absolute Gasteiger partial charge is 0.271 e. The third-order valence-electron chi connectivity index (χ3n) is 1.82. The number of nitrogens with two attached hydrogens (primary N) is 1. The minimum absolute atomic E-state index is 0.207. The van der Waals surface area contributed by atoms with E-state index in [0.717, 1.165) is 11.5 Å². The van der Waals surface area contributed by atoms with Gasteiger partial charge in [0.05, 0.1) is 0 Å². The molecule has 0 aromatic carbocycles. The van der Waals surface area contributed by atoms with Gasteiger partial charge in [-0.3, -0.25) is 10.1 Å². The Hall–Kier alpha value is -1.74. The van der Waals surface area contributed by atoms with Crippen LogP contribution in [0.3, 0.4) is 0 Å². The van der Waals surface area contributed by atoms with Gasteiger partial charge in [0.25, 0.3) is 5.91 Å². The van der Waals surface area contributed by atoms with Crippen molar-refractivity contribution in [3.63, 3.8) is 0 Å². The van der Waals surface area contributed by atoms with E-state index in [1.807, 2.05) is 0 Å². The lowest BCUT2D eigenvalue weighted by molar-refractivity contribution is 0.103. The number of carbonyl (C=O) groups excluding carboxylic acids is 1. The second-order valence-electron chi connectivity index (χ2n) is 3.08. The molecule has 0 unspecified atom stereocenters. The molecule has 0 saturated heterocycles. The van der Waals surface area contributed by atoms with E-state index in [1.54, 1.807) is 14.0 Å². The van der Waals surface area contributed by atoms with E-state index < -0.39 is 0 Å². The zero-order valence-corrected chi connectivity index (χ0v) is 10.8. The monoisotopic (exact) mass is 270 g/mol. The van der Waals surface area contributed by atoms with Crippen molar-refractivity contribution in [1.82, 2.24) is 14.3 Å². The number of aryl methyl sites for hydroxylation is 1.